The lowest BCUT2D eigenvalue weighted by molar-refractivity contribution is -0.00304. The SMILES string of the molecule is Cc1ccc(CN2CCOCC2CCl)cc1. The van der Waals surface area contributed by atoms with Crippen LogP contribution in [0.4, 0.5) is 0 Å². The maximum Gasteiger partial charge on any atom is 0.0634 e. The number of hydrogen-bond donors (Lipinski definition) is 0. The number of rotatable bonds is 3. The quantitative estimate of drug-likeness (QED) is 0.752. The molecular formula is C13H18ClNO. The van der Waals surface area contributed by atoms with E-state index in [4.69, 9.17) is 16.3 Å². The van der Waals surface area contributed by atoms with Crippen molar-refractivity contribution in [1.29, 1.82) is 0 Å². The summed E-state index contributed by atoms with van der Waals surface area (Å²) in [6.45, 7) is 5.64. The van der Waals surface area contributed by atoms with Crippen molar-refractivity contribution >= 4 is 11.6 Å². The van der Waals surface area contributed by atoms with Crippen LogP contribution >= 0.6 is 11.6 Å². The molecule has 1 aromatic carbocycles. The minimum atomic E-state index is 0.358. The van der Waals surface area contributed by atoms with E-state index in [0.29, 0.717) is 11.9 Å². The monoisotopic (exact) mass is 239 g/mol. The first-order valence-electron chi connectivity index (χ1n) is 5.73. The van der Waals surface area contributed by atoms with Gasteiger partial charge >= 0.3 is 0 Å². The Hall–Kier alpha value is -0.570. The van der Waals surface area contributed by atoms with Crippen molar-refractivity contribution in [3.05, 3.63) is 35.4 Å². The molecule has 0 saturated carbocycles. The maximum absolute atomic E-state index is 5.94. The van der Waals surface area contributed by atoms with E-state index < -0.39 is 0 Å². The molecule has 0 spiro atoms. The fraction of sp³-hybridized carbons (Fsp3) is 0.538. The molecular weight excluding hydrogens is 222 g/mol. The highest BCUT2D eigenvalue weighted by atomic mass is 35.5. The van der Waals surface area contributed by atoms with Crippen LogP contribution in [0.1, 0.15) is 11.1 Å². The third-order valence-corrected chi connectivity index (χ3v) is 3.39. The van der Waals surface area contributed by atoms with Crippen molar-refractivity contribution in [2.45, 2.75) is 19.5 Å². The maximum atomic E-state index is 5.94. The van der Waals surface area contributed by atoms with Crippen LogP contribution in [-0.2, 0) is 11.3 Å². The number of halogens is 1. The number of morpholine rings is 1. The van der Waals surface area contributed by atoms with Gasteiger partial charge in [0.2, 0.25) is 0 Å². The lowest BCUT2D eigenvalue weighted by Gasteiger charge is -2.34. The van der Waals surface area contributed by atoms with Gasteiger partial charge in [-0.15, -0.1) is 11.6 Å². The third-order valence-electron chi connectivity index (χ3n) is 3.03. The van der Waals surface area contributed by atoms with Gasteiger partial charge in [0.05, 0.1) is 13.2 Å². The summed E-state index contributed by atoms with van der Waals surface area (Å²) in [5.74, 6) is 0.645. The number of ether oxygens (including phenoxy) is 1. The van der Waals surface area contributed by atoms with Crippen LogP contribution in [0.2, 0.25) is 0 Å². The molecule has 0 amide bonds. The predicted molar refractivity (Wildman–Crippen MR) is 66.9 cm³/mol. The minimum Gasteiger partial charge on any atom is -0.378 e. The molecule has 88 valence electrons. The average Bonchev–Trinajstić information content (AvgIpc) is 2.33. The molecule has 1 saturated heterocycles. The molecule has 16 heavy (non-hydrogen) atoms. The summed E-state index contributed by atoms with van der Waals surface area (Å²) in [6, 6.07) is 9.06. The second-order valence-electron chi connectivity index (χ2n) is 4.34. The zero-order valence-electron chi connectivity index (χ0n) is 9.66. The largest absolute Gasteiger partial charge is 0.378 e. The molecule has 1 aliphatic heterocycles. The molecule has 0 N–H and O–H groups in total. The van der Waals surface area contributed by atoms with Crippen LogP contribution in [0, 0.1) is 6.92 Å². The Morgan fingerprint density at radius 1 is 1.38 bits per heavy atom. The highest BCUT2D eigenvalue weighted by molar-refractivity contribution is 6.18. The molecule has 0 radical (unpaired) electrons. The van der Waals surface area contributed by atoms with Gasteiger partial charge in [-0.3, -0.25) is 4.90 Å². The van der Waals surface area contributed by atoms with Gasteiger partial charge in [0.15, 0.2) is 0 Å². The van der Waals surface area contributed by atoms with Gasteiger partial charge in [-0.1, -0.05) is 29.8 Å². The smallest absolute Gasteiger partial charge is 0.0634 e. The van der Waals surface area contributed by atoms with Crippen molar-refractivity contribution in [3.63, 3.8) is 0 Å². The molecule has 1 aliphatic rings. The number of alkyl halides is 1. The molecule has 3 heteroatoms. The summed E-state index contributed by atoms with van der Waals surface area (Å²) in [4.78, 5) is 2.40. The van der Waals surface area contributed by atoms with Crippen LogP contribution in [0.25, 0.3) is 0 Å². The van der Waals surface area contributed by atoms with Crippen LogP contribution in [0.5, 0.6) is 0 Å². The molecule has 0 aliphatic carbocycles. The van der Waals surface area contributed by atoms with Crippen molar-refractivity contribution in [2.75, 3.05) is 25.6 Å². The van der Waals surface area contributed by atoms with Crippen molar-refractivity contribution < 1.29 is 4.74 Å². The fourth-order valence-electron chi connectivity index (χ4n) is 1.97. The Labute approximate surface area is 102 Å². The lowest BCUT2D eigenvalue weighted by Crippen LogP contribution is -2.45. The zero-order valence-corrected chi connectivity index (χ0v) is 10.4. The second kappa shape index (κ2) is 5.67. The van der Waals surface area contributed by atoms with Crippen molar-refractivity contribution in [2.24, 2.45) is 0 Å². The van der Waals surface area contributed by atoms with E-state index >= 15 is 0 Å². The molecule has 0 bridgehead atoms. The summed E-state index contributed by atoms with van der Waals surface area (Å²) >= 11 is 5.94. The number of hydrogen-bond acceptors (Lipinski definition) is 2. The van der Waals surface area contributed by atoms with E-state index in [0.717, 1.165) is 26.3 Å². The van der Waals surface area contributed by atoms with E-state index in [1.54, 1.807) is 0 Å². The first-order chi connectivity index (χ1) is 7.79. The summed E-state index contributed by atoms with van der Waals surface area (Å²) in [6.07, 6.45) is 0. The lowest BCUT2D eigenvalue weighted by atomic mass is 10.1. The van der Waals surface area contributed by atoms with Gasteiger partial charge < -0.3 is 4.74 Å². The summed E-state index contributed by atoms with van der Waals surface area (Å²) in [5, 5.41) is 0. The van der Waals surface area contributed by atoms with Gasteiger partial charge in [-0.2, -0.15) is 0 Å². The van der Waals surface area contributed by atoms with E-state index in [2.05, 4.69) is 36.1 Å². The van der Waals surface area contributed by atoms with E-state index in [1.807, 2.05) is 0 Å². The molecule has 1 atom stereocenters. The zero-order chi connectivity index (χ0) is 11.4. The second-order valence-corrected chi connectivity index (χ2v) is 4.65. The first kappa shape index (κ1) is 11.9. The molecule has 1 aromatic rings. The predicted octanol–water partition coefficient (Wildman–Crippen LogP) is 2.43. The fourth-order valence-corrected chi connectivity index (χ4v) is 2.25. The first-order valence-corrected chi connectivity index (χ1v) is 6.26. The van der Waals surface area contributed by atoms with Crippen LogP contribution in [0.15, 0.2) is 24.3 Å². The summed E-state index contributed by atoms with van der Waals surface area (Å²) in [5.41, 5.74) is 2.65. The molecule has 1 fully saturated rings. The van der Waals surface area contributed by atoms with Gasteiger partial charge in [-0.05, 0) is 12.5 Å². The van der Waals surface area contributed by atoms with Crippen LogP contribution in [0.3, 0.4) is 0 Å². The molecule has 2 nitrogen and oxygen atoms in total. The summed E-state index contributed by atoms with van der Waals surface area (Å²) in [7, 11) is 0. The number of nitrogens with zero attached hydrogens (tertiary/aromatic N) is 1. The molecule has 1 unspecified atom stereocenters. The van der Waals surface area contributed by atoms with Crippen LogP contribution < -0.4 is 0 Å². The Morgan fingerprint density at radius 2 is 2.12 bits per heavy atom. The van der Waals surface area contributed by atoms with Crippen molar-refractivity contribution in [3.8, 4) is 0 Å². The Balaban J connectivity index is 1.99. The topological polar surface area (TPSA) is 12.5 Å². The standard InChI is InChI=1S/C13H18ClNO/c1-11-2-4-12(5-3-11)9-15-6-7-16-10-13(15)8-14/h2-5,13H,6-10H2,1H3. The molecule has 2 rings (SSSR count). The highest BCUT2D eigenvalue weighted by Gasteiger charge is 2.21. The normalized spacial score (nSPS) is 22.2. The number of benzene rings is 1. The molecule has 1 heterocycles. The highest BCUT2D eigenvalue weighted by Crippen LogP contribution is 2.14. The van der Waals surface area contributed by atoms with Crippen molar-refractivity contribution in [1.82, 2.24) is 4.90 Å². The average molecular weight is 240 g/mol. The Kier molecular flexibility index (Phi) is 4.22. The van der Waals surface area contributed by atoms with Gasteiger partial charge in [0, 0.05) is 25.0 Å². The Morgan fingerprint density at radius 3 is 2.81 bits per heavy atom. The van der Waals surface area contributed by atoms with E-state index in [9.17, 15) is 0 Å². The molecule has 0 aromatic heterocycles. The number of aryl methyl sites for hydroxylation is 1. The van der Waals surface area contributed by atoms with Crippen LogP contribution in [-0.4, -0.2) is 36.6 Å². The van der Waals surface area contributed by atoms with E-state index in [1.165, 1.54) is 11.1 Å². The van der Waals surface area contributed by atoms with Gasteiger partial charge in [0.25, 0.3) is 0 Å². The van der Waals surface area contributed by atoms with Gasteiger partial charge in [-0.25, -0.2) is 0 Å². The third kappa shape index (κ3) is 2.97. The summed E-state index contributed by atoms with van der Waals surface area (Å²) < 4.78 is 5.43. The van der Waals surface area contributed by atoms with Gasteiger partial charge in [0.1, 0.15) is 0 Å². The van der Waals surface area contributed by atoms with E-state index in [-0.39, 0.29) is 0 Å². The Bertz CT molecular complexity index is 325. The minimum absolute atomic E-state index is 0.358.